The maximum absolute atomic E-state index is 14.7. The van der Waals surface area contributed by atoms with Crippen LogP contribution in [0.15, 0.2) is 42.9 Å². The molecule has 3 N–H and O–H groups in total. The highest BCUT2D eigenvalue weighted by Crippen LogP contribution is 2.32. The summed E-state index contributed by atoms with van der Waals surface area (Å²) in [5.41, 5.74) is 1.48. The van der Waals surface area contributed by atoms with Gasteiger partial charge in [0.2, 0.25) is 0 Å². The average Bonchev–Trinajstić information content (AvgIpc) is 3.49. The summed E-state index contributed by atoms with van der Waals surface area (Å²) in [7, 11) is 0. The van der Waals surface area contributed by atoms with Crippen molar-refractivity contribution in [1.29, 1.82) is 10.8 Å². The predicted octanol–water partition coefficient (Wildman–Crippen LogP) is 3.20. The second-order valence-electron chi connectivity index (χ2n) is 7.78. The van der Waals surface area contributed by atoms with Crippen LogP contribution in [0.1, 0.15) is 34.6 Å². The largest absolute Gasteiger partial charge is 0.485 e. The lowest BCUT2D eigenvalue weighted by atomic mass is 10.1. The van der Waals surface area contributed by atoms with Gasteiger partial charge in [-0.2, -0.15) is 0 Å². The van der Waals surface area contributed by atoms with Crippen molar-refractivity contribution in [2.24, 2.45) is 5.92 Å². The lowest BCUT2D eigenvalue weighted by Gasteiger charge is -2.21. The summed E-state index contributed by atoms with van der Waals surface area (Å²) in [5, 5.41) is 18.5. The third-order valence-corrected chi connectivity index (χ3v) is 5.47. The van der Waals surface area contributed by atoms with E-state index in [0.29, 0.717) is 29.6 Å². The minimum Gasteiger partial charge on any atom is -0.485 e. The first kappa shape index (κ1) is 19.9. The van der Waals surface area contributed by atoms with E-state index in [-0.39, 0.29) is 23.8 Å². The van der Waals surface area contributed by atoms with Gasteiger partial charge < -0.3 is 15.0 Å². The van der Waals surface area contributed by atoms with Crippen molar-refractivity contribution in [2.75, 3.05) is 11.9 Å². The van der Waals surface area contributed by atoms with E-state index in [1.54, 1.807) is 35.3 Å². The molecule has 1 aromatic carbocycles. The number of hydrogen-bond acceptors (Lipinski definition) is 6. The van der Waals surface area contributed by atoms with E-state index in [1.165, 1.54) is 17.0 Å². The van der Waals surface area contributed by atoms with Gasteiger partial charge in [0, 0.05) is 12.6 Å². The van der Waals surface area contributed by atoms with Crippen molar-refractivity contribution in [1.82, 2.24) is 19.4 Å². The monoisotopic (exact) mass is 433 g/mol. The molecule has 1 aliphatic heterocycles. The number of carbonyl (C=O) groups excluding carboxylic acids is 1. The van der Waals surface area contributed by atoms with Crippen LogP contribution in [0, 0.1) is 22.6 Å². The molecule has 5 rings (SSSR count). The van der Waals surface area contributed by atoms with Crippen LogP contribution in [0.25, 0.3) is 5.69 Å². The maximum Gasteiger partial charge on any atom is 0.259 e. The second-order valence-corrected chi connectivity index (χ2v) is 7.78. The summed E-state index contributed by atoms with van der Waals surface area (Å²) < 4.78 is 22.0. The maximum atomic E-state index is 14.7. The van der Waals surface area contributed by atoms with Crippen LogP contribution in [-0.2, 0) is 6.61 Å². The lowest BCUT2D eigenvalue weighted by Crippen LogP contribution is -2.32. The van der Waals surface area contributed by atoms with E-state index in [1.807, 2.05) is 0 Å². The molecule has 1 saturated carbocycles. The van der Waals surface area contributed by atoms with Crippen molar-refractivity contribution in [3.8, 4) is 11.4 Å². The van der Waals surface area contributed by atoms with Gasteiger partial charge in [0.05, 0.1) is 35.8 Å². The van der Waals surface area contributed by atoms with E-state index in [0.717, 1.165) is 24.9 Å². The van der Waals surface area contributed by atoms with E-state index in [2.05, 4.69) is 15.3 Å². The number of fused-ring (bicyclic) bond motifs is 3. The summed E-state index contributed by atoms with van der Waals surface area (Å²) in [6.07, 6.45) is 6.54. The highest BCUT2D eigenvalue weighted by Gasteiger charge is 2.26. The van der Waals surface area contributed by atoms with E-state index in [9.17, 15) is 9.18 Å². The number of nitrogens with zero attached hydrogens (tertiary/aromatic N) is 4. The van der Waals surface area contributed by atoms with E-state index >= 15 is 0 Å². The van der Waals surface area contributed by atoms with Crippen molar-refractivity contribution < 1.29 is 13.9 Å². The predicted molar refractivity (Wildman–Crippen MR) is 115 cm³/mol. The van der Waals surface area contributed by atoms with Gasteiger partial charge in [0.25, 0.3) is 5.91 Å². The Morgan fingerprint density at radius 1 is 1.38 bits per heavy atom. The van der Waals surface area contributed by atoms with Gasteiger partial charge in [-0.05, 0) is 37.0 Å². The second kappa shape index (κ2) is 7.88. The Kier molecular flexibility index (Phi) is 4.89. The Hall–Kier alpha value is -4.08. The van der Waals surface area contributed by atoms with Gasteiger partial charge in [-0.15, -0.1) is 0 Å². The van der Waals surface area contributed by atoms with Crippen molar-refractivity contribution in [3.05, 3.63) is 65.6 Å². The molecule has 10 heteroatoms. The molecule has 1 fully saturated rings. The fourth-order valence-corrected chi connectivity index (χ4v) is 3.57. The van der Waals surface area contributed by atoms with E-state index in [4.69, 9.17) is 15.6 Å². The number of aromatic nitrogens is 3. The number of ether oxygens (including phenoxy) is 1. The third-order valence-electron chi connectivity index (χ3n) is 5.47. The lowest BCUT2D eigenvalue weighted by molar-refractivity contribution is 0.102. The van der Waals surface area contributed by atoms with Crippen molar-refractivity contribution in [3.63, 3.8) is 0 Å². The number of amidine groups is 1. The molecule has 162 valence electrons. The summed E-state index contributed by atoms with van der Waals surface area (Å²) in [6.45, 7) is 0.868. The first-order valence-electron chi connectivity index (χ1n) is 10.2. The molecule has 3 heterocycles. The minimum absolute atomic E-state index is 0.0766. The fourth-order valence-electron chi connectivity index (χ4n) is 3.57. The van der Waals surface area contributed by atoms with Crippen LogP contribution < -0.4 is 10.1 Å². The van der Waals surface area contributed by atoms with Crippen LogP contribution in [0.5, 0.6) is 5.75 Å². The number of nitrogens with one attached hydrogen (secondary N) is 3. The molecule has 0 bridgehead atoms. The van der Waals surface area contributed by atoms with Gasteiger partial charge in [0.15, 0.2) is 5.84 Å². The van der Waals surface area contributed by atoms with Crippen LogP contribution in [0.2, 0.25) is 0 Å². The number of rotatable bonds is 6. The van der Waals surface area contributed by atoms with Gasteiger partial charge in [-0.3, -0.25) is 20.2 Å². The Labute approximate surface area is 182 Å². The normalized spacial score (nSPS) is 14.0. The molecule has 0 radical (unpaired) electrons. The first-order valence-corrected chi connectivity index (χ1v) is 10.2. The third kappa shape index (κ3) is 3.70. The van der Waals surface area contributed by atoms with Gasteiger partial charge in [-0.1, -0.05) is 6.07 Å². The zero-order valence-corrected chi connectivity index (χ0v) is 17.0. The number of imidazole rings is 1. The SMILES string of the molecule is N=CN(CC1CC1)C(=N)c1cccc(NC(=O)c2cc3c(cc2F)OCc2cncn2-3)n1. The standard InChI is InChI=1S/C22H20FN7O2/c23-16-7-19-18(30-12-26-8-14(30)10-32-19)6-15(16)22(31)28-20-3-1-2-17(27-20)21(25)29(11-24)9-13-4-5-13/h1-3,6-8,11-13,24-25H,4-5,9-10H2,(H,27,28,31). The molecule has 0 saturated heterocycles. The molecule has 2 aliphatic rings. The van der Waals surface area contributed by atoms with Crippen LogP contribution in [0.3, 0.4) is 0 Å². The van der Waals surface area contributed by atoms with Gasteiger partial charge in [-0.25, -0.2) is 14.4 Å². The topological polar surface area (TPSA) is 120 Å². The van der Waals surface area contributed by atoms with Gasteiger partial charge >= 0.3 is 0 Å². The highest BCUT2D eigenvalue weighted by atomic mass is 19.1. The molecule has 0 atom stereocenters. The molecule has 32 heavy (non-hydrogen) atoms. The zero-order chi connectivity index (χ0) is 22.2. The number of carbonyl (C=O) groups is 1. The zero-order valence-electron chi connectivity index (χ0n) is 17.0. The molecule has 3 aromatic rings. The summed E-state index contributed by atoms with van der Waals surface area (Å²) >= 11 is 0. The number of amides is 1. The van der Waals surface area contributed by atoms with Crippen LogP contribution in [0.4, 0.5) is 10.2 Å². The molecule has 9 nitrogen and oxygen atoms in total. The van der Waals surface area contributed by atoms with E-state index < -0.39 is 11.7 Å². The molecule has 2 aromatic heterocycles. The Bertz CT molecular complexity index is 1230. The van der Waals surface area contributed by atoms with Gasteiger partial charge in [0.1, 0.15) is 29.7 Å². The van der Waals surface area contributed by atoms with Crippen LogP contribution >= 0.6 is 0 Å². The average molecular weight is 433 g/mol. The Morgan fingerprint density at radius 2 is 2.22 bits per heavy atom. The number of halogens is 1. The number of pyridine rings is 1. The first-order chi connectivity index (χ1) is 15.5. The molecule has 0 spiro atoms. The quantitative estimate of drug-likeness (QED) is 0.407. The Balaban J connectivity index is 1.38. The smallest absolute Gasteiger partial charge is 0.259 e. The molecule has 1 amide bonds. The summed E-state index contributed by atoms with van der Waals surface area (Å²) in [6, 6.07) is 7.46. The summed E-state index contributed by atoms with van der Waals surface area (Å²) in [4.78, 5) is 22.8. The number of hydrogen-bond donors (Lipinski definition) is 3. The fraction of sp³-hybridized carbons (Fsp3) is 0.227. The summed E-state index contributed by atoms with van der Waals surface area (Å²) in [5.74, 6) is -0.297. The van der Waals surface area contributed by atoms with Crippen molar-refractivity contribution >= 4 is 23.9 Å². The molecule has 0 unspecified atom stereocenters. The number of anilines is 1. The van der Waals surface area contributed by atoms with Crippen LogP contribution in [-0.4, -0.2) is 44.1 Å². The van der Waals surface area contributed by atoms with Crippen molar-refractivity contribution in [2.45, 2.75) is 19.4 Å². The Morgan fingerprint density at radius 3 is 3.00 bits per heavy atom. The number of benzene rings is 1. The highest BCUT2D eigenvalue weighted by molar-refractivity contribution is 6.05. The minimum atomic E-state index is -0.715. The molecular weight excluding hydrogens is 413 g/mol. The molecular formula is C22H20FN7O2. The molecule has 1 aliphatic carbocycles.